The number of nitrogens with one attached hydrogen (secondary N) is 1. The van der Waals surface area contributed by atoms with Crippen molar-refractivity contribution in [3.05, 3.63) is 29.8 Å². The van der Waals surface area contributed by atoms with Gasteiger partial charge in [-0.15, -0.1) is 0 Å². The average molecular weight is 274 g/mol. The van der Waals surface area contributed by atoms with Crippen LogP contribution in [-0.2, 0) is 11.2 Å². The number of nitrogens with two attached hydrogens (primary N) is 1. The van der Waals surface area contributed by atoms with Gasteiger partial charge in [0, 0.05) is 18.7 Å². The summed E-state index contributed by atoms with van der Waals surface area (Å²) in [4.78, 5) is 11.9. The largest absolute Gasteiger partial charge is 0.399 e. The van der Waals surface area contributed by atoms with Crippen LogP contribution in [0.2, 0.25) is 0 Å². The van der Waals surface area contributed by atoms with E-state index in [1.807, 2.05) is 24.3 Å². The monoisotopic (exact) mass is 274 g/mol. The van der Waals surface area contributed by atoms with E-state index in [0.717, 1.165) is 24.6 Å². The zero-order valence-electron chi connectivity index (χ0n) is 12.4. The lowest BCUT2D eigenvalue weighted by Gasteiger charge is -2.28. The second-order valence-corrected chi connectivity index (χ2v) is 6.07. The van der Waals surface area contributed by atoms with Gasteiger partial charge in [0.15, 0.2) is 0 Å². The number of benzene rings is 1. The first-order valence-corrected chi connectivity index (χ1v) is 7.76. The van der Waals surface area contributed by atoms with Gasteiger partial charge >= 0.3 is 0 Å². The third kappa shape index (κ3) is 4.55. The standard InChI is InChI=1S/C17H26N2O/c1-13-4-2-3-5-15(13)12-19-17(20)11-8-14-6-9-16(18)10-7-14/h6-7,9-10,13,15H,2-5,8,11-12,18H2,1H3,(H,19,20). The van der Waals surface area contributed by atoms with Gasteiger partial charge in [0.2, 0.25) is 5.91 Å². The Balaban J connectivity index is 1.68. The van der Waals surface area contributed by atoms with E-state index in [1.54, 1.807) is 0 Å². The molecule has 3 N–H and O–H groups in total. The Morgan fingerprint density at radius 3 is 2.65 bits per heavy atom. The number of carbonyl (C=O) groups excluding carboxylic acids is 1. The smallest absolute Gasteiger partial charge is 0.220 e. The molecule has 1 amide bonds. The third-order valence-electron chi connectivity index (χ3n) is 4.47. The van der Waals surface area contributed by atoms with Crippen molar-refractivity contribution in [1.29, 1.82) is 0 Å². The molecule has 0 radical (unpaired) electrons. The Bertz CT molecular complexity index is 427. The van der Waals surface area contributed by atoms with Crippen molar-refractivity contribution in [2.75, 3.05) is 12.3 Å². The maximum atomic E-state index is 11.9. The van der Waals surface area contributed by atoms with E-state index in [-0.39, 0.29) is 5.91 Å². The third-order valence-corrected chi connectivity index (χ3v) is 4.47. The first kappa shape index (κ1) is 14.9. The Morgan fingerprint density at radius 2 is 1.95 bits per heavy atom. The van der Waals surface area contributed by atoms with Crippen molar-refractivity contribution < 1.29 is 4.79 Å². The number of hydrogen-bond acceptors (Lipinski definition) is 2. The Labute approximate surface area is 121 Å². The van der Waals surface area contributed by atoms with Crippen molar-refractivity contribution in [3.8, 4) is 0 Å². The molecule has 0 bridgehead atoms. The van der Waals surface area contributed by atoms with Gasteiger partial charge in [0.05, 0.1) is 0 Å². The predicted molar refractivity (Wildman–Crippen MR) is 83.3 cm³/mol. The second kappa shape index (κ2) is 7.32. The lowest BCUT2D eigenvalue weighted by Crippen LogP contribution is -2.33. The predicted octanol–water partition coefficient (Wildman–Crippen LogP) is 3.14. The van der Waals surface area contributed by atoms with Gasteiger partial charge in [-0.2, -0.15) is 0 Å². The first-order chi connectivity index (χ1) is 9.65. The molecular formula is C17H26N2O. The van der Waals surface area contributed by atoms with Gasteiger partial charge in [0.1, 0.15) is 0 Å². The summed E-state index contributed by atoms with van der Waals surface area (Å²) in [6.07, 6.45) is 6.59. The lowest BCUT2D eigenvalue weighted by molar-refractivity contribution is -0.121. The zero-order valence-corrected chi connectivity index (χ0v) is 12.4. The van der Waals surface area contributed by atoms with E-state index >= 15 is 0 Å². The molecule has 1 aromatic carbocycles. The first-order valence-electron chi connectivity index (χ1n) is 7.76. The van der Waals surface area contributed by atoms with Crippen LogP contribution in [0, 0.1) is 11.8 Å². The molecule has 20 heavy (non-hydrogen) atoms. The molecule has 1 aliphatic carbocycles. The van der Waals surface area contributed by atoms with Gasteiger partial charge in [-0.05, 0) is 42.4 Å². The van der Waals surface area contributed by atoms with E-state index in [0.29, 0.717) is 12.3 Å². The highest BCUT2D eigenvalue weighted by atomic mass is 16.1. The molecule has 2 atom stereocenters. The fraction of sp³-hybridized carbons (Fsp3) is 0.588. The van der Waals surface area contributed by atoms with E-state index in [4.69, 9.17) is 5.73 Å². The molecule has 3 heteroatoms. The van der Waals surface area contributed by atoms with Crippen LogP contribution < -0.4 is 11.1 Å². The summed E-state index contributed by atoms with van der Waals surface area (Å²) >= 11 is 0. The van der Waals surface area contributed by atoms with Crippen LogP contribution in [0.5, 0.6) is 0 Å². The van der Waals surface area contributed by atoms with Gasteiger partial charge in [0.25, 0.3) is 0 Å². The zero-order chi connectivity index (χ0) is 14.4. The molecule has 0 spiro atoms. The number of carbonyl (C=O) groups is 1. The van der Waals surface area contributed by atoms with Crippen LogP contribution in [0.3, 0.4) is 0 Å². The minimum absolute atomic E-state index is 0.166. The van der Waals surface area contributed by atoms with E-state index in [9.17, 15) is 4.79 Å². The van der Waals surface area contributed by atoms with Crippen LogP contribution in [0.25, 0.3) is 0 Å². The topological polar surface area (TPSA) is 55.1 Å². The summed E-state index contributed by atoms with van der Waals surface area (Å²) in [5.74, 6) is 1.59. The highest BCUT2D eigenvalue weighted by molar-refractivity contribution is 5.76. The van der Waals surface area contributed by atoms with Gasteiger partial charge < -0.3 is 11.1 Å². The summed E-state index contributed by atoms with van der Waals surface area (Å²) in [6, 6.07) is 7.76. The fourth-order valence-electron chi connectivity index (χ4n) is 2.97. The number of nitrogen functional groups attached to an aromatic ring is 1. The molecule has 3 nitrogen and oxygen atoms in total. The molecule has 0 aromatic heterocycles. The van der Waals surface area contributed by atoms with Crippen LogP contribution in [0.4, 0.5) is 5.69 Å². The minimum atomic E-state index is 0.166. The van der Waals surface area contributed by atoms with Crippen LogP contribution >= 0.6 is 0 Å². The van der Waals surface area contributed by atoms with E-state index in [2.05, 4.69) is 12.2 Å². The molecule has 110 valence electrons. The number of rotatable bonds is 5. The number of hydrogen-bond donors (Lipinski definition) is 2. The Morgan fingerprint density at radius 1 is 1.25 bits per heavy atom. The van der Waals surface area contributed by atoms with Crippen molar-refractivity contribution in [2.45, 2.75) is 45.4 Å². The number of aryl methyl sites for hydroxylation is 1. The number of amides is 1. The summed E-state index contributed by atoms with van der Waals surface area (Å²) in [7, 11) is 0. The summed E-state index contributed by atoms with van der Waals surface area (Å²) < 4.78 is 0. The number of anilines is 1. The van der Waals surface area contributed by atoms with Crippen LogP contribution in [0.1, 0.15) is 44.6 Å². The molecule has 2 rings (SSSR count). The molecule has 2 unspecified atom stereocenters. The van der Waals surface area contributed by atoms with Gasteiger partial charge in [-0.1, -0.05) is 38.3 Å². The van der Waals surface area contributed by atoms with Gasteiger partial charge in [-0.3, -0.25) is 4.79 Å². The van der Waals surface area contributed by atoms with E-state index in [1.165, 1.54) is 31.2 Å². The second-order valence-electron chi connectivity index (χ2n) is 6.07. The highest BCUT2D eigenvalue weighted by Crippen LogP contribution is 2.28. The minimum Gasteiger partial charge on any atom is -0.399 e. The summed E-state index contributed by atoms with van der Waals surface area (Å²) in [6.45, 7) is 3.16. The van der Waals surface area contributed by atoms with Crippen molar-refractivity contribution in [2.24, 2.45) is 11.8 Å². The molecule has 1 saturated carbocycles. The molecule has 1 fully saturated rings. The molecule has 0 aliphatic heterocycles. The van der Waals surface area contributed by atoms with Crippen LogP contribution in [-0.4, -0.2) is 12.5 Å². The average Bonchev–Trinajstić information content (AvgIpc) is 2.46. The van der Waals surface area contributed by atoms with Crippen LogP contribution in [0.15, 0.2) is 24.3 Å². The fourth-order valence-corrected chi connectivity index (χ4v) is 2.97. The normalized spacial score (nSPS) is 22.4. The molecular weight excluding hydrogens is 248 g/mol. The molecule has 0 heterocycles. The summed E-state index contributed by atoms with van der Waals surface area (Å²) in [5, 5.41) is 3.10. The highest BCUT2D eigenvalue weighted by Gasteiger charge is 2.21. The molecule has 1 aliphatic rings. The van der Waals surface area contributed by atoms with Crippen molar-refractivity contribution in [1.82, 2.24) is 5.32 Å². The van der Waals surface area contributed by atoms with Crippen molar-refractivity contribution in [3.63, 3.8) is 0 Å². The molecule has 1 aromatic rings. The Hall–Kier alpha value is -1.51. The summed E-state index contributed by atoms with van der Waals surface area (Å²) in [5.41, 5.74) is 7.58. The van der Waals surface area contributed by atoms with Gasteiger partial charge in [-0.25, -0.2) is 0 Å². The van der Waals surface area contributed by atoms with Crippen molar-refractivity contribution >= 4 is 11.6 Å². The quantitative estimate of drug-likeness (QED) is 0.810. The maximum Gasteiger partial charge on any atom is 0.220 e. The Kier molecular flexibility index (Phi) is 5.45. The maximum absolute atomic E-state index is 11.9. The lowest BCUT2D eigenvalue weighted by atomic mass is 9.80. The SMILES string of the molecule is CC1CCCCC1CNC(=O)CCc1ccc(N)cc1. The molecule has 0 saturated heterocycles. The van der Waals surface area contributed by atoms with E-state index < -0.39 is 0 Å².